The number of rotatable bonds is 3. The second-order valence-electron chi connectivity index (χ2n) is 1.05. The van der Waals surface area contributed by atoms with Crippen molar-refractivity contribution in [2.45, 2.75) is 0 Å². The van der Waals surface area contributed by atoms with Gasteiger partial charge in [0.05, 0.1) is 0 Å². The Labute approximate surface area is 58.0 Å². The van der Waals surface area contributed by atoms with Gasteiger partial charge in [-0.05, 0) is 6.08 Å². The zero-order chi connectivity index (χ0) is 7.33. The van der Waals surface area contributed by atoms with Crippen molar-refractivity contribution in [1.29, 1.82) is 0 Å². The minimum absolute atomic E-state index is 0.134. The normalized spacial score (nSPS) is 12.2. The molecule has 0 heterocycles. The van der Waals surface area contributed by atoms with E-state index >= 15 is 0 Å². The Bertz CT molecular complexity index is 182. The molecule has 0 saturated heterocycles. The van der Waals surface area contributed by atoms with Crippen LogP contribution >= 0.6 is 11.6 Å². The highest BCUT2D eigenvalue weighted by Gasteiger charge is 1.97. The van der Waals surface area contributed by atoms with Crippen molar-refractivity contribution < 1.29 is 17.2 Å². The van der Waals surface area contributed by atoms with Crippen LogP contribution in [0.1, 0.15) is 0 Å². The van der Waals surface area contributed by atoms with Gasteiger partial charge >= 0.3 is 10.4 Å². The fourth-order valence-electron chi connectivity index (χ4n) is 0.146. The zero-order valence-electron chi connectivity index (χ0n) is 4.32. The van der Waals surface area contributed by atoms with Gasteiger partial charge < -0.3 is 4.18 Å². The van der Waals surface area contributed by atoms with Crippen LogP contribution in [-0.4, -0.2) is 18.9 Å². The maximum Gasteiger partial charge on any atom is 0.445 e. The summed E-state index contributed by atoms with van der Waals surface area (Å²) in [6.45, 7) is 0. The lowest BCUT2D eigenvalue weighted by atomic mass is 10.7. The molecule has 0 aromatic rings. The molecule has 6 heteroatoms. The van der Waals surface area contributed by atoms with Crippen LogP contribution in [0.4, 0.5) is 0 Å². The Hall–Kier alpha value is -0.260. The summed E-state index contributed by atoms with van der Waals surface area (Å²) >= 11 is 5.09. The highest BCUT2D eigenvalue weighted by atomic mass is 35.5. The maximum absolute atomic E-state index is 9.75. The smallest absolute Gasteiger partial charge is 0.370 e. The second kappa shape index (κ2) is 3.71. The third kappa shape index (κ3) is 7.74. The van der Waals surface area contributed by atoms with Crippen molar-refractivity contribution in [2.75, 3.05) is 5.88 Å². The van der Waals surface area contributed by atoms with Gasteiger partial charge in [0.1, 0.15) is 6.26 Å². The van der Waals surface area contributed by atoms with E-state index in [1.54, 1.807) is 0 Å². The number of allylic oxidation sites excluding steroid dienone is 1. The summed E-state index contributed by atoms with van der Waals surface area (Å²) in [5.74, 6) is 0.134. The Kier molecular flexibility index (Phi) is 3.60. The lowest BCUT2D eigenvalue weighted by Crippen LogP contribution is -1.96. The SMILES string of the molecule is O=S(=O)(O)OC=CCCl. The highest BCUT2D eigenvalue weighted by molar-refractivity contribution is 7.81. The molecule has 0 aliphatic carbocycles. The first-order valence-electron chi connectivity index (χ1n) is 1.93. The Morgan fingerprint density at radius 2 is 2.22 bits per heavy atom. The molecule has 0 aliphatic rings. The van der Waals surface area contributed by atoms with Crippen molar-refractivity contribution in [3.05, 3.63) is 12.3 Å². The van der Waals surface area contributed by atoms with Crippen LogP contribution in [0.3, 0.4) is 0 Å². The van der Waals surface area contributed by atoms with Crippen LogP contribution in [0.25, 0.3) is 0 Å². The minimum atomic E-state index is -4.34. The van der Waals surface area contributed by atoms with E-state index in [-0.39, 0.29) is 5.88 Å². The number of halogens is 1. The molecule has 0 aromatic carbocycles. The highest BCUT2D eigenvalue weighted by Crippen LogP contribution is 1.87. The van der Waals surface area contributed by atoms with E-state index < -0.39 is 10.4 Å². The second-order valence-corrected chi connectivity index (χ2v) is 2.41. The lowest BCUT2D eigenvalue weighted by molar-refractivity contribution is 0.356. The first-order valence-corrected chi connectivity index (χ1v) is 3.83. The van der Waals surface area contributed by atoms with E-state index in [1.807, 2.05) is 0 Å². The maximum atomic E-state index is 9.75. The summed E-state index contributed by atoms with van der Waals surface area (Å²) in [6.07, 6.45) is 2.03. The molecule has 0 spiro atoms. The molecule has 0 saturated carbocycles. The Morgan fingerprint density at radius 1 is 1.67 bits per heavy atom. The third-order valence-corrected chi connectivity index (χ3v) is 0.895. The van der Waals surface area contributed by atoms with Gasteiger partial charge in [-0.1, -0.05) is 0 Å². The van der Waals surface area contributed by atoms with Gasteiger partial charge in [0.2, 0.25) is 0 Å². The van der Waals surface area contributed by atoms with Crippen LogP contribution in [0, 0.1) is 0 Å². The van der Waals surface area contributed by atoms with Gasteiger partial charge in [-0.3, -0.25) is 4.55 Å². The average molecular weight is 173 g/mol. The predicted molar refractivity (Wildman–Crippen MR) is 32.5 cm³/mol. The van der Waals surface area contributed by atoms with Gasteiger partial charge in [0, 0.05) is 5.88 Å². The van der Waals surface area contributed by atoms with Crippen LogP contribution in [-0.2, 0) is 14.6 Å². The fourth-order valence-corrected chi connectivity index (χ4v) is 0.438. The summed E-state index contributed by atoms with van der Waals surface area (Å²) < 4.78 is 31.1. The van der Waals surface area contributed by atoms with Gasteiger partial charge in [0.15, 0.2) is 0 Å². The molecule has 0 aliphatic heterocycles. The Morgan fingerprint density at radius 3 is 2.56 bits per heavy atom. The lowest BCUT2D eigenvalue weighted by Gasteiger charge is -1.89. The fraction of sp³-hybridized carbons (Fsp3) is 0.333. The van der Waals surface area contributed by atoms with E-state index in [0.717, 1.165) is 6.26 Å². The van der Waals surface area contributed by atoms with Crippen LogP contribution < -0.4 is 0 Å². The van der Waals surface area contributed by atoms with Gasteiger partial charge in [0.25, 0.3) is 0 Å². The molecule has 0 rings (SSSR count). The van der Waals surface area contributed by atoms with Crippen molar-refractivity contribution in [3.8, 4) is 0 Å². The summed E-state index contributed by atoms with van der Waals surface area (Å²) in [4.78, 5) is 0. The molecule has 0 bridgehead atoms. The summed E-state index contributed by atoms with van der Waals surface area (Å²) in [5, 5.41) is 0. The van der Waals surface area contributed by atoms with Crippen LogP contribution in [0.2, 0.25) is 0 Å². The van der Waals surface area contributed by atoms with E-state index in [9.17, 15) is 8.42 Å². The van der Waals surface area contributed by atoms with E-state index in [4.69, 9.17) is 16.2 Å². The van der Waals surface area contributed by atoms with Crippen molar-refractivity contribution in [2.24, 2.45) is 0 Å². The first-order chi connectivity index (χ1) is 4.06. The number of alkyl halides is 1. The first kappa shape index (κ1) is 8.74. The topological polar surface area (TPSA) is 63.6 Å². The van der Waals surface area contributed by atoms with Crippen LogP contribution in [0.15, 0.2) is 12.3 Å². The molecule has 0 radical (unpaired) electrons. The largest absolute Gasteiger partial charge is 0.445 e. The molecule has 1 N–H and O–H groups in total. The monoisotopic (exact) mass is 172 g/mol. The molecular weight excluding hydrogens is 168 g/mol. The average Bonchev–Trinajstić information content (AvgIpc) is 1.63. The molecule has 0 unspecified atom stereocenters. The van der Waals surface area contributed by atoms with Crippen molar-refractivity contribution >= 4 is 22.0 Å². The van der Waals surface area contributed by atoms with E-state index in [0.29, 0.717) is 0 Å². The van der Waals surface area contributed by atoms with E-state index in [2.05, 4.69) is 4.18 Å². The molecule has 0 aromatic heterocycles. The quantitative estimate of drug-likeness (QED) is 0.384. The summed E-state index contributed by atoms with van der Waals surface area (Å²) in [6, 6.07) is 0. The van der Waals surface area contributed by atoms with Gasteiger partial charge in [-0.15, -0.1) is 11.6 Å². The number of hydrogen-bond donors (Lipinski definition) is 1. The van der Waals surface area contributed by atoms with E-state index in [1.165, 1.54) is 6.08 Å². The molecule has 0 fully saturated rings. The van der Waals surface area contributed by atoms with Crippen molar-refractivity contribution in [1.82, 2.24) is 0 Å². The Balaban J connectivity index is 3.65. The van der Waals surface area contributed by atoms with Crippen LogP contribution in [0.5, 0.6) is 0 Å². The van der Waals surface area contributed by atoms with Crippen molar-refractivity contribution in [3.63, 3.8) is 0 Å². The zero-order valence-corrected chi connectivity index (χ0v) is 5.89. The molecule has 0 amide bonds. The standard InChI is InChI=1S/C3H5ClO4S/c4-2-1-3-8-9(5,6)7/h1,3H,2H2,(H,5,6,7). The molecule has 9 heavy (non-hydrogen) atoms. The summed E-state index contributed by atoms with van der Waals surface area (Å²) in [7, 11) is -4.34. The van der Waals surface area contributed by atoms with Gasteiger partial charge in [-0.25, -0.2) is 0 Å². The number of hydrogen-bond acceptors (Lipinski definition) is 3. The molecule has 54 valence electrons. The minimum Gasteiger partial charge on any atom is -0.370 e. The van der Waals surface area contributed by atoms with Gasteiger partial charge in [-0.2, -0.15) is 8.42 Å². The summed E-state index contributed by atoms with van der Waals surface area (Å²) in [5.41, 5.74) is 0. The predicted octanol–water partition coefficient (Wildman–Crippen LogP) is 0.558. The molecule has 4 nitrogen and oxygen atoms in total. The third-order valence-electron chi connectivity index (χ3n) is 0.362. The molecular formula is C3H5ClO4S. The molecule has 0 atom stereocenters.